The molecule has 0 spiro atoms. The van der Waals surface area contributed by atoms with Gasteiger partial charge in [-0.2, -0.15) is 0 Å². The molecule has 8 heteroatoms. The summed E-state index contributed by atoms with van der Waals surface area (Å²) in [5, 5.41) is 0. The minimum absolute atomic E-state index is 0.0141. The van der Waals surface area contributed by atoms with Gasteiger partial charge in [0, 0.05) is 37.8 Å². The van der Waals surface area contributed by atoms with Crippen LogP contribution in [0.4, 0.5) is 0 Å². The van der Waals surface area contributed by atoms with Crippen LogP contribution in [-0.2, 0) is 9.53 Å². The first kappa shape index (κ1) is 15.9. The van der Waals surface area contributed by atoms with Gasteiger partial charge < -0.3 is 14.5 Å². The minimum atomic E-state index is -0.0267. The first-order valence-corrected chi connectivity index (χ1v) is 8.44. The maximum Gasteiger partial charge on any atom is 0.264 e. The largest absolute Gasteiger partial charge is 0.375 e. The maximum atomic E-state index is 12.3. The molecule has 1 aliphatic rings. The van der Waals surface area contributed by atoms with Crippen molar-refractivity contribution in [1.82, 2.24) is 9.80 Å². The van der Waals surface area contributed by atoms with Gasteiger partial charge in [0.15, 0.2) is 0 Å². The van der Waals surface area contributed by atoms with Gasteiger partial charge in [0.2, 0.25) is 5.91 Å². The van der Waals surface area contributed by atoms with Crippen molar-refractivity contribution in [2.24, 2.45) is 0 Å². The van der Waals surface area contributed by atoms with E-state index in [2.05, 4.69) is 31.9 Å². The zero-order valence-corrected chi connectivity index (χ0v) is 14.9. The highest BCUT2D eigenvalue weighted by atomic mass is 79.9. The van der Waals surface area contributed by atoms with E-state index in [1.54, 1.807) is 9.80 Å². The van der Waals surface area contributed by atoms with Crippen LogP contribution in [0.3, 0.4) is 0 Å². The molecule has 0 unspecified atom stereocenters. The Morgan fingerprint density at radius 2 is 1.85 bits per heavy atom. The number of hydrogen-bond acceptors (Lipinski definition) is 4. The molecule has 2 amide bonds. The lowest BCUT2D eigenvalue weighted by atomic mass is 10.3. The zero-order valence-electron chi connectivity index (χ0n) is 10.9. The molecule has 1 saturated heterocycles. The molecule has 0 aromatic carbocycles. The topological polar surface area (TPSA) is 49.9 Å². The third-order valence-electron chi connectivity index (χ3n) is 3.04. The quantitative estimate of drug-likeness (QED) is 0.745. The third kappa shape index (κ3) is 3.60. The van der Waals surface area contributed by atoms with Gasteiger partial charge in [0.05, 0.1) is 8.66 Å². The van der Waals surface area contributed by atoms with Crippen molar-refractivity contribution in [3.8, 4) is 0 Å². The van der Waals surface area contributed by atoms with Crippen LogP contribution < -0.4 is 0 Å². The number of thiophene rings is 1. The normalized spacial score (nSPS) is 15.6. The first-order chi connectivity index (χ1) is 9.52. The number of hydrogen-bond donors (Lipinski definition) is 0. The van der Waals surface area contributed by atoms with Crippen molar-refractivity contribution in [1.29, 1.82) is 0 Å². The molecule has 2 rings (SSSR count). The van der Waals surface area contributed by atoms with Gasteiger partial charge >= 0.3 is 0 Å². The van der Waals surface area contributed by atoms with E-state index in [0.29, 0.717) is 31.1 Å². The zero-order chi connectivity index (χ0) is 14.7. The highest BCUT2D eigenvalue weighted by Crippen LogP contribution is 2.33. The lowest BCUT2D eigenvalue weighted by Gasteiger charge is -2.34. The number of amides is 2. The number of nitrogens with zero attached hydrogens (tertiary/aromatic N) is 2. The summed E-state index contributed by atoms with van der Waals surface area (Å²) in [6.07, 6.45) is 0. The van der Waals surface area contributed by atoms with E-state index in [0.717, 1.165) is 8.26 Å². The predicted octanol–water partition coefficient (Wildman–Crippen LogP) is 2.20. The van der Waals surface area contributed by atoms with Crippen LogP contribution in [0, 0.1) is 0 Å². The van der Waals surface area contributed by atoms with Gasteiger partial charge in [0.1, 0.15) is 6.61 Å². The summed E-state index contributed by atoms with van der Waals surface area (Å²) >= 11 is 8.18. The number of carbonyl (C=O) groups excluding carboxylic acids is 2. The van der Waals surface area contributed by atoms with E-state index >= 15 is 0 Å². The fourth-order valence-corrected chi connectivity index (χ4v) is 3.99. The molecule has 5 nitrogen and oxygen atoms in total. The second-order valence-corrected chi connectivity index (χ2v) is 7.56. The second kappa shape index (κ2) is 7.02. The Labute approximate surface area is 138 Å². The van der Waals surface area contributed by atoms with Gasteiger partial charge in [-0.05, 0) is 37.9 Å². The van der Waals surface area contributed by atoms with E-state index in [1.807, 2.05) is 6.07 Å². The van der Waals surface area contributed by atoms with Gasteiger partial charge in [-0.25, -0.2) is 0 Å². The van der Waals surface area contributed by atoms with E-state index in [4.69, 9.17) is 4.74 Å². The van der Waals surface area contributed by atoms with E-state index < -0.39 is 0 Å². The Bertz CT molecular complexity index is 493. The van der Waals surface area contributed by atoms with Gasteiger partial charge in [0.25, 0.3) is 5.91 Å². The Morgan fingerprint density at radius 1 is 1.25 bits per heavy atom. The number of rotatable bonds is 3. The summed E-state index contributed by atoms with van der Waals surface area (Å²) in [6.45, 7) is 2.32. The summed E-state index contributed by atoms with van der Waals surface area (Å²) < 4.78 is 6.64. The summed E-state index contributed by atoms with van der Waals surface area (Å²) in [4.78, 5) is 28.2. The molecule has 20 heavy (non-hydrogen) atoms. The fraction of sp³-hybridized carbons (Fsp3) is 0.500. The molecule has 0 bridgehead atoms. The van der Waals surface area contributed by atoms with Crippen LogP contribution in [-0.4, -0.2) is 61.5 Å². The first-order valence-electron chi connectivity index (χ1n) is 6.03. The molecule has 1 aliphatic heterocycles. The van der Waals surface area contributed by atoms with Gasteiger partial charge in [-0.3, -0.25) is 9.59 Å². The predicted molar refractivity (Wildman–Crippen MR) is 84.1 cm³/mol. The van der Waals surface area contributed by atoms with Crippen LogP contribution in [0.1, 0.15) is 9.67 Å². The SMILES string of the molecule is COCC(=O)N1CCN(C(=O)c2cc(Br)c(Br)s2)CC1. The molecule has 0 N–H and O–H groups in total. The molecule has 2 heterocycles. The van der Waals surface area contributed by atoms with E-state index in [9.17, 15) is 9.59 Å². The smallest absolute Gasteiger partial charge is 0.264 e. The van der Waals surface area contributed by atoms with Crippen molar-refractivity contribution in [2.75, 3.05) is 39.9 Å². The number of carbonyl (C=O) groups is 2. The molecule has 1 fully saturated rings. The van der Waals surface area contributed by atoms with Crippen molar-refractivity contribution >= 4 is 55.0 Å². The number of halogens is 2. The fourth-order valence-electron chi connectivity index (χ4n) is 1.98. The van der Waals surface area contributed by atoms with Crippen LogP contribution >= 0.6 is 43.2 Å². The standard InChI is InChI=1S/C12H14Br2N2O3S/c1-19-7-10(17)15-2-4-16(5-3-15)12(18)9-6-8(13)11(14)20-9/h6H,2-5,7H2,1H3. The second-order valence-electron chi connectivity index (χ2n) is 4.34. The Balaban J connectivity index is 1.93. The average Bonchev–Trinajstić information content (AvgIpc) is 2.78. The number of piperazine rings is 1. The maximum absolute atomic E-state index is 12.3. The van der Waals surface area contributed by atoms with Crippen molar-refractivity contribution < 1.29 is 14.3 Å². The lowest BCUT2D eigenvalue weighted by Crippen LogP contribution is -2.51. The average molecular weight is 426 g/mol. The summed E-state index contributed by atoms with van der Waals surface area (Å²) in [6, 6.07) is 1.82. The van der Waals surface area contributed by atoms with Crippen molar-refractivity contribution in [2.45, 2.75) is 0 Å². The number of methoxy groups -OCH3 is 1. The third-order valence-corrected chi connectivity index (χ3v) is 6.29. The van der Waals surface area contributed by atoms with E-state index in [-0.39, 0.29) is 18.4 Å². The molecule has 0 saturated carbocycles. The highest BCUT2D eigenvalue weighted by Gasteiger charge is 2.25. The van der Waals surface area contributed by atoms with Crippen molar-refractivity contribution in [3.63, 3.8) is 0 Å². The highest BCUT2D eigenvalue weighted by molar-refractivity contribution is 9.13. The summed E-state index contributed by atoms with van der Waals surface area (Å²) in [5.74, 6) is -0.0125. The van der Waals surface area contributed by atoms with Crippen LogP contribution in [0.2, 0.25) is 0 Å². The van der Waals surface area contributed by atoms with Gasteiger partial charge in [-0.1, -0.05) is 0 Å². The number of ether oxygens (including phenoxy) is 1. The molecule has 110 valence electrons. The molecule has 0 aliphatic carbocycles. The molecule has 0 radical (unpaired) electrons. The van der Waals surface area contributed by atoms with Crippen LogP contribution in [0.5, 0.6) is 0 Å². The van der Waals surface area contributed by atoms with Crippen LogP contribution in [0.25, 0.3) is 0 Å². The minimum Gasteiger partial charge on any atom is -0.375 e. The Kier molecular flexibility index (Phi) is 5.59. The lowest BCUT2D eigenvalue weighted by molar-refractivity contribution is -0.136. The molecule has 1 aromatic rings. The molecular weight excluding hydrogens is 412 g/mol. The molecular formula is C12H14Br2N2O3S. The van der Waals surface area contributed by atoms with Crippen LogP contribution in [0.15, 0.2) is 14.3 Å². The Morgan fingerprint density at radius 3 is 2.35 bits per heavy atom. The van der Waals surface area contributed by atoms with E-state index in [1.165, 1.54) is 18.4 Å². The van der Waals surface area contributed by atoms with Gasteiger partial charge in [-0.15, -0.1) is 11.3 Å². The Hall–Kier alpha value is -0.440. The molecule has 1 aromatic heterocycles. The van der Waals surface area contributed by atoms with Crippen molar-refractivity contribution in [3.05, 3.63) is 19.2 Å². The summed E-state index contributed by atoms with van der Waals surface area (Å²) in [5.41, 5.74) is 0. The monoisotopic (exact) mass is 424 g/mol. The summed E-state index contributed by atoms with van der Waals surface area (Å²) in [7, 11) is 1.50. The molecule has 0 atom stereocenters.